The van der Waals surface area contributed by atoms with E-state index in [2.05, 4.69) is 10.4 Å². The molecule has 0 fully saturated rings. The van der Waals surface area contributed by atoms with Crippen molar-refractivity contribution in [1.29, 1.82) is 0 Å². The number of aryl methyl sites for hydroxylation is 2. The monoisotopic (exact) mass is 373 g/mol. The summed E-state index contributed by atoms with van der Waals surface area (Å²) in [6.45, 7) is 4.48. The van der Waals surface area contributed by atoms with Gasteiger partial charge in [-0.05, 0) is 38.1 Å². The summed E-state index contributed by atoms with van der Waals surface area (Å²) in [5, 5.41) is 7.73. The predicted octanol–water partition coefficient (Wildman–Crippen LogP) is 3.79. The molecule has 3 rings (SSSR count). The summed E-state index contributed by atoms with van der Waals surface area (Å²) in [4.78, 5) is 12.3. The molecule has 2 heterocycles. The van der Waals surface area contributed by atoms with E-state index in [1.54, 1.807) is 28.9 Å². The lowest BCUT2D eigenvalue weighted by Gasteiger charge is -2.06. The van der Waals surface area contributed by atoms with Gasteiger partial charge in [0, 0.05) is 24.8 Å². The van der Waals surface area contributed by atoms with Crippen molar-refractivity contribution in [3.8, 4) is 5.75 Å². The van der Waals surface area contributed by atoms with Gasteiger partial charge in [-0.25, -0.2) is 0 Å². The van der Waals surface area contributed by atoms with E-state index in [-0.39, 0.29) is 18.3 Å². The first-order valence-corrected chi connectivity index (χ1v) is 8.57. The van der Waals surface area contributed by atoms with E-state index in [9.17, 15) is 4.79 Å². The van der Waals surface area contributed by atoms with Crippen LogP contribution in [0.15, 0.2) is 40.8 Å². The maximum absolute atomic E-state index is 12.3. The Hall–Kier alpha value is -2.73. The number of para-hydroxylation sites is 1. The van der Waals surface area contributed by atoms with E-state index >= 15 is 0 Å². The van der Waals surface area contributed by atoms with Gasteiger partial charge in [-0.2, -0.15) is 5.10 Å². The minimum Gasteiger partial charge on any atom is -0.484 e. The molecule has 0 radical (unpaired) electrons. The van der Waals surface area contributed by atoms with Gasteiger partial charge in [0.15, 0.2) is 5.76 Å². The average Bonchev–Trinajstić information content (AvgIpc) is 3.18. The molecule has 0 aliphatic heterocycles. The number of aromatic nitrogens is 2. The van der Waals surface area contributed by atoms with Gasteiger partial charge >= 0.3 is 0 Å². The molecule has 7 heteroatoms. The van der Waals surface area contributed by atoms with Crippen molar-refractivity contribution in [1.82, 2.24) is 15.1 Å². The normalized spacial score (nSPS) is 10.8. The number of hydrogen-bond donors (Lipinski definition) is 1. The Morgan fingerprint density at radius 2 is 2.04 bits per heavy atom. The van der Waals surface area contributed by atoms with Crippen LogP contribution in [-0.4, -0.2) is 15.7 Å². The molecule has 136 valence electrons. The van der Waals surface area contributed by atoms with E-state index < -0.39 is 0 Å². The van der Waals surface area contributed by atoms with E-state index in [0.29, 0.717) is 23.1 Å². The molecule has 0 bridgehead atoms. The number of carbonyl (C=O) groups excluding carboxylic acids is 1. The third-order valence-electron chi connectivity index (χ3n) is 4.18. The van der Waals surface area contributed by atoms with E-state index in [0.717, 1.165) is 17.0 Å². The van der Waals surface area contributed by atoms with Gasteiger partial charge in [-0.15, -0.1) is 0 Å². The Bertz CT molecular complexity index is 930. The molecule has 0 saturated carbocycles. The quantitative estimate of drug-likeness (QED) is 0.713. The number of hydrogen-bond acceptors (Lipinski definition) is 4. The minimum absolute atomic E-state index is 0.192. The average molecular weight is 374 g/mol. The number of furan rings is 1. The predicted molar refractivity (Wildman–Crippen MR) is 98.3 cm³/mol. The number of amides is 1. The molecule has 3 aromatic rings. The Morgan fingerprint density at radius 1 is 1.27 bits per heavy atom. The molecule has 0 aliphatic rings. The second-order valence-corrected chi connectivity index (χ2v) is 6.35. The first-order chi connectivity index (χ1) is 12.5. The van der Waals surface area contributed by atoms with Crippen LogP contribution in [0.2, 0.25) is 5.02 Å². The first kappa shape index (κ1) is 18.1. The number of carbonyl (C=O) groups is 1. The second kappa shape index (κ2) is 7.66. The van der Waals surface area contributed by atoms with Gasteiger partial charge in [-0.1, -0.05) is 23.7 Å². The number of halogens is 1. The van der Waals surface area contributed by atoms with Crippen LogP contribution in [0.3, 0.4) is 0 Å². The van der Waals surface area contributed by atoms with Crippen LogP contribution in [0.4, 0.5) is 0 Å². The summed E-state index contributed by atoms with van der Waals surface area (Å²) < 4.78 is 13.0. The summed E-state index contributed by atoms with van der Waals surface area (Å²) in [6, 6.07) is 10.5. The van der Waals surface area contributed by atoms with Crippen molar-refractivity contribution in [3.05, 3.63) is 69.9 Å². The molecule has 0 aliphatic carbocycles. The molecule has 1 aromatic carbocycles. The van der Waals surface area contributed by atoms with Crippen LogP contribution in [0.1, 0.15) is 33.3 Å². The number of nitrogens with one attached hydrogen (secondary N) is 1. The summed E-state index contributed by atoms with van der Waals surface area (Å²) in [5.74, 6) is 1.07. The van der Waals surface area contributed by atoms with E-state index in [4.69, 9.17) is 20.8 Å². The topological polar surface area (TPSA) is 69.3 Å². The molecule has 0 unspecified atom stereocenters. The van der Waals surface area contributed by atoms with Crippen molar-refractivity contribution in [2.75, 3.05) is 0 Å². The molecular formula is C19H20ClN3O3. The molecule has 0 atom stereocenters. The molecule has 0 saturated heterocycles. The highest BCUT2D eigenvalue weighted by Crippen LogP contribution is 2.24. The fraction of sp³-hybridized carbons (Fsp3) is 0.263. The molecule has 1 amide bonds. The fourth-order valence-corrected chi connectivity index (χ4v) is 2.81. The largest absolute Gasteiger partial charge is 0.484 e. The zero-order chi connectivity index (χ0) is 18.7. The van der Waals surface area contributed by atoms with Crippen LogP contribution >= 0.6 is 11.6 Å². The lowest BCUT2D eigenvalue weighted by Crippen LogP contribution is -2.23. The summed E-state index contributed by atoms with van der Waals surface area (Å²) in [6.07, 6.45) is 0. The number of rotatable bonds is 6. The van der Waals surface area contributed by atoms with Crippen LogP contribution in [0, 0.1) is 13.8 Å². The lowest BCUT2D eigenvalue weighted by molar-refractivity contribution is 0.0919. The molecule has 2 aromatic heterocycles. The zero-order valence-corrected chi connectivity index (χ0v) is 15.6. The number of benzene rings is 1. The summed E-state index contributed by atoms with van der Waals surface area (Å²) >= 11 is 6.05. The van der Waals surface area contributed by atoms with Crippen molar-refractivity contribution >= 4 is 17.5 Å². The van der Waals surface area contributed by atoms with Crippen molar-refractivity contribution in [3.63, 3.8) is 0 Å². The highest BCUT2D eigenvalue weighted by atomic mass is 35.5. The zero-order valence-electron chi connectivity index (χ0n) is 14.9. The minimum atomic E-state index is -0.281. The third kappa shape index (κ3) is 3.91. The van der Waals surface area contributed by atoms with E-state index in [1.165, 1.54) is 0 Å². The molecule has 1 N–H and O–H groups in total. The lowest BCUT2D eigenvalue weighted by atomic mass is 10.2. The van der Waals surface area contributed by atoms with Gasteiger partial charge in [0.2, 0.25) is 0 Å². The van der Waals surface area contributed by atoms with Crippen LogP contribution < -0.4 is 10.1 Å². The fourth-order valence-electron chi connectivity index (χ4n) is 2.62. The highest BCUT2D eigenvalue weighted by Gasteiger charge is 2.14. The highest BCUT2D eigenvalue weighted by molar-refractivity contribution is 6.32. The van der Waals surface area contributed by atoms with Crippen molar-refractivity contribution in [2.45, 2.75) is 27.0 Å². The van der Waals surface area contributed by atoms with Gasteiger partial charge in [0.25, 0.3) is 5.91 Å². The van der Waals surface area contributed by atoms with E-state index in [1.807, 2.05) is 33.0 Å². The van der Waals surface area contributed by atoms with Crippen LogP contribution in [0.5, 0.6) is 5.75 Å². The third-order valence-corrected chi connectivity index (χ3v) is 4.49. The maximum atomic E-state index is 12.3. The SMILES string of the molecule is Cc1nn(C)c(C)c1CNC(=O)c1ccc(COc2ccccc2Cl)o1. The van der Waals surface area contributed by atoms with Gasteiger partial charge in [0.1, 0.15) is 18.1 Å². The van der Waals surface area contributed by atoms with Gasteiger partial charge < -0.3 is 14.5 Å². The number of nitrogens with zero attached hydrogens (tertiary/aromatic N) is 2. The Labute approximate surface area is 156 Å². The molecule has 6 nitrogen and oxygen atoms in total. The molecule has 0 spiro atoms. The van der Waals surface area contributed by atoms with Crippen molar-refractivity contribution < 1.29 is 13.9 Å². The van der Waals surface area contributed by atoms with Crippen molar-refractivity contribution in [2.24, 2.45) is 7.05 Å². The van der Waals surface area contributed by atoms with Gasteiger partial charge in [0.05, 0.1) is 10.7 Å². The Kier molecular flexibility index (Phi) is 5.32. The Morgan fingerprint density at radius 3 is 2.73 bits per heavy atom. The first-order valence-electron chi connectivity index (χ1n) is 8.19. The van der Waals surface area contributed by atoms with Crippen LogP contribution in [-0.2, 0) is 20.2 Å². The standard InChI is InChI=1S/C19H20ClN3O3/c1-12-15(13(2)23(3)22-12)10-21-19(24)18-9-8-14(26-18)11-25-17-7-5-4-6-16(17)20/h4-9H,10-11H2,1-3H3,(H,21,24). The number of ether oxygens (including phenoxy) is 1. The van der Waals surface area contributed by atoms with Gasteiger partial charge in [-0.3, -0.25) is 9.48 Å². The maximum Gasteiger partial charge on any atom is 0.287 e. The second-order valence-electron chi connectivity index (χ2n) is 5.94. The summed E-state index contributed by atoms with van der Waals surface area (Å²) in [7, 11) is 1.88. The molecular weight excluding hydrogens is 354 g/mol. The molecule has 26 heavy (non-hydrogen) atoms. The Balaban J connectivity index is 1.58. The smallest absolute Gasteiger partial charge is 0.287 e. The van der Waals surface area contributed by atoms with Crippen LogP contribution in [0.25, 0.3) is 0 Å². The summed E-state index contributed by atoms with van der Waals surface area (Å²) in [5.41, 5.74) is 2.93.